The minimum absolute atomic E-state index is 0.0207. The van der Waals surface area contributed by atoms with Crippen LogP contribution < -0.4 is 0 Å². The van der Waals surface area contributed by atoms with Crippen molar-refractivity contribution < 1.29 is 14.7 Å². The number of rotatable bonds is 6. The molecule has 7 nitrogen and oxygen atoms in total. The summed E-state index contributed by atoms with van der Waals surface area (Å²) in [7, 11) is 1.85. The van der Waals surface area contributed by atoms with Gasteiger partial charge >= 0.3 is 5.97 Å². The maximum absolute atomic E-state index is 13.7. The summed E-state index contributed by atoms with van der Waals surface area (Å²) in [5, 5.41) is 18.3. The van der Waals surface area contributed by atoms with Crippen molar-refractivity contribution in [1.82, 2.24) is 19.9 Å². The van der Waals surface area contributed by atoms with Crippen LogP contribution in [0, 0.1) is 12.8 Å². The maximum Gasteiger partial charge on any atom is 0.304 e. The first-order chi connectivity index (χ1) is 18.3. The first kappa shape index (κ1) is 24.3. The van der Waals surface area contributed by atoms with Gasteiger partial charge < -0.3 is 10.0 Å². The second-order valence-corrected chi connectivity index (χ2v) is 10.8. The highest BCUT2D eigenvalue weighted by molar-refractivity contribution is 5.84. The molecule has 6 rings (SSSR count). The molecule has 1 saturated heterocycles. The molecule has 0 radical (unpaired) electrons. The zero-order valence-electron chi connectivity index (χ0n) is 22.0. The molecule has 1 fully saturated rings. The molecule has 194 valence electrons. The van der Waals surface area contributed by atoms with E-state index in [9.17, 15) is 14.7 Å². The van der Waals surface area contributed by atoms with Gasteiger partial charge in [0.25, 0.3) is 0 Å². The molecule has 2 aliphatic rings. The summed E-state index contributed by atoms with van der Waals surface area (Å²) in [4.78, 5) is 27.8. The third kappa shape index (κ3) is 3.97. The summed E-state index contributed by atoms with van der Waals surface area (Å²) >= 11 is 0. The standard InChI is InChI=1S/C31H32N4O3/c1-18(20-7-5-4-6-8-20)31(38)35-14-13-23-15-21-9-10-22(16-26(21)30(23)35)25(17-28(36)37)24-11-12-27-29(19(24)2)32-33-34(27)3/h4-12,16,18,23,25,30H,13-15,17H2,1-3H3,(H,36,37). The predicted molar refractivity (Wildman–Crippen MR) is 145 cm³/mol. The summed E-state index contributed by atoms with van der Waals surface area (Å²) in [5.74, 6) is -0.808. The highest BCUT2D eigenvalue weighted by Gasteiger charge is 2.44. The van der Waals surface area contributed by atoms with Crippen molar-refractivity contribution >= 4 is 22.9 Å². The molecule has 1 amide bonds. The number of hydrogen-bond acceptors (Lipinski definition) is 4. The normalized spacial score (nSPS) is 19.8. The van der Waals surface area contributed by atoms with Crippen LogP contribution in [0.5, 0.6) is 0 Å². The monoisotopic (exact) mass is 508 g/mol. The van der Waals surface area contributed by atoms with E-state index < -0.39 is 5.97 Å². The van der Waals surface area contributed by atoms with Crippen LogP contribution >= 0.6 is 0 Å². The number of nitrogens with zero attached hydrogens (tertiary/aromatic N) is 4. The van der Waals surface area contributed by atoms with E-state index >= 15 is 0 Å². The fourth-order valence-electron chi connectivity index (χ4n) is 6.65. The van der Waals surface area contributed by atoms with Gasteiger partial charge in [-0.1, -0.05) is 59.8 Å². The van der Waals surface area contributed by atoms with Crippen LogP contribution in [-0.2, 0) is 23.1 Å². The third-order valence-corrected chi connectivity index (χ3v) is 8.68. The molecule has 3 aromatic carbocycles. The van der Waals surface area contributed by atoms with E-state index in [1.165, 1.54) is 11.1 Å². The summed E-state index contributed by atoms with van der Waals surface area (Å²) in [5.41, 5.74) is 8.06. The van der Waals surface area contributed by atoms with Crippen LogP contribution in [0.2, 0.25) is 0 Å². The highest BCUT2D eigenvalue weighted by atomic mass is 16.4. The molecule has 4 unspecified atom stereocenters. The number of amides is 1. The lowest BCUT2D eigenvalue weighted by atomic mass is 9.84. The highest BCUT2D eigenvalue weighted by Crippen LogP contribution is 2.48. The molecule has 1 aliphatic heterocycles. The van der Waals surface area contributed by atoms with E-state index in [4.69, 9.17) is 0 Å². The second-order valence-electron chi connectivity index (χ2n) is 10.8. The van der Waals surface area contributed by atoms with Crippen LogP contribution in [0.4, 0.5) is 0 Å². The number of hydrogen-bond donors (Lipinski definition) is 1. The Morgan fingerprint density at radius 3 is 2.63 bits per heavy atom. The molecule has 4 aromatic rings. The topological polar surface area (TPSA) is 88.3 Å². The fourth-order valence-corrected chi connectivity index (χ4v) is 6.65. The van der Waals surface area contributed by atoms with Gasteiger partial charge in [0, 0.05) is 19.5 Å². The molecule has 1 aliphatic carbocycles. The molecule has 1 aromatic heterocycles. The Bertz CT molecular complexity index is 1540. The Hall–Kier alpha value is -4.00. The van der Waals surface area contributed by atoms with E-state index in [-0.39, 0.29) is 30.2 Å². The molecule has 38 heavy (non-hydrogen) atoms. The van der Waals surface area contributed by atoms with Crippen LogP contribution in [-0.4, -0.2) is 43.4 Å². The van der Waals surface area contributed by atoms with Crippen molar-refractivity contribution in [3.05, 3.63) is 94.0 Å². The molecule has 7 heteroatoms. The number of carbonyl (C=O) groups is 2. The largest absolute Gasteiger partial charge is 0.481 e. The number of benzene rings is 3. The average molecular weight is 509 g/mol. The summed E-state index contributed by atoms with van der Waals surface area (Å²) < 4.78 is 1.73. The average Bonchev–Trinajstić information content (AvgIpc) is 3.61. The maximum atomic E-state index is 13.7. The van der Waals surface area contributed by atoms with Crippen LogP contribution in [0.25, 0.3) is 11.0 Å². The molecule has 0 spiro atoms. The minimum atomic E-state index is -0.846. The molecular weight excluding hydrogens is 476 g/mol. The number of aromatic nitrogens is 3. The number of aliphatic carboxylic acids is 1. The molecule has 4 atom stereocenters. The second kappa shape index (κ2) is 9.39. The summed E-state index contributed by atoms with van der Waals surface area (Å²) in [6, 6.07) is 20.4. The number of likely N-dealkylation sites (tertiary alicyclic amines) is 1. The zero-order chi connectivity index (χ0) is 26.6. The van der Waals surface area contributed by atoms with Gasteiger partial charge in [-0.3, -0.25) is 9.59 Å². The van der Waals surface area contributed by atoms with Gasteiger partial charge in [0.15, 0.2) is 0 Å². The van der Waals surface area contributed by atoms with Crippen LogP contribution in [0.15, 0.2) is 60.7 Å². The van der Waals surface area contributed by atoms with Crippen molar-refractivity contribution in [1.29, 1.82) is 0 Å². The van der Waals surface area contributed by atoms with Crippen molar-refractivity contribution in [3.8, 4) is 0 Å². The van der Waals surface area contributed by atoms with Gasteiger partial charge in [0.1, 0.15) is 5.52 Å². The number of carboxylic acids is 1. The Morgan fingerprint density at radius 1 is 1.08 bits per heavy atom. The van der Waals surface area contributed by atoms with Gasteiger partial charge in [-0.2, -0.15) is 0 Å². The molecule has 1 N–H and O–H groups in total. The fraction of sp³-hybridized carbons (Fsp3) is 0.355. The van der Waals surface area contributed by atoms with Gasteiger partial charge in [-0.25, -0.2) is 4.68 Å². The lowest BCUT2D eigenvalue weighted by Crippen LogP contribution is -2.34. The smallest absolute Gasteiger partial charge is 0.304 e. The molecule has 2 heterocycles. The number of aryl methyl sites for hydroxylation is 2. The van der Waals surface area contributed by atoms with E-state index in [0.29, 0.717) is 5.92 Å². The van der Waals surface area contributed by atoms with Crippen molar-refractivity contribution in [2.45, 2.75) is 51.0 Å². The predicted octanol–water partition coefficient (Wildman–Crippen LogP) is 5.13. The van der Waals surface area contributed by atoms with Gasteiger partial charge in [0.05, 0.1) is 23.9 Å². The van der Waals surface area contributed by atoms with Crippen molar-refractivity contribution in [2.24, 2.45) is 13.0 Å². The molecule has 0 bridgehead atoms. The van der Waals surface area contributed by atoms with Crippen LogP contribution in [0.3, 0.4) is 0 Å². The summed E-state index contributed by atoms with van der Waals surface area (Å²) in [6.07, 6.45) is 1.92. The Kier molecular flexibility index (Phi) is 6.01. The number of carbonyl (C=O) groups excluding carboxylic acids is 1. The van der Waals surface area contributed by atoms with Crippen LogP contribution in [0.1, 0.15) is 71.0 Å². The lowest BCUT2D eigenvalue weighted by molar-refractivity contribution is -0.137. The Balaban J connectivity index is 1.37. The third-order valence-electron chi connectivity index (χ3n) is 8.68. The zero-order valence-corrected chi connectivity index (χ0v) is 22.0. The quantitative estimate of drug-likeness (QED) is 0.390. The van der Waals surface area contributed by atoms with Gasteiger partial charge in [-0.15, -0.1) is 5.10 Å². The Morgan fingerprint density at radius 2 is 1.87 bits per heavy atom. The van der Waals surface area contributed by atoms with E-state index in [2.05, 4.69) is 33.4 Å². The SMILES string of the molecule is Cc1c(C(CC(=O)O)c2ccc3c(c2)C2C(CCN2C(=O)C(C)c2ccccc2)C3)ccc2c1nnn2C. The van der Waals surface area contributed by atoms with Crippen molar-refractivity contribution in [2.75, 3.05) is 6.54 Å². The number of fused-ring (bicyclic) bond motifs is 4. The van der Waals surface area contributed by atoms with Gasteiger partial charge in [-0.05, 0) is 72.1 Å². The van der Waals surface area contributed by atoms with Gasteiger partial charge in [0.2, 0.25) is 5.91 Å². The molecular formula is C31H32N4O3. The first-order valence-electron chi connectivity index (χ1n) is 13.3. The first-order valence-corrected chi connectivity index (χ1v) is 13.3. The van der Waals surface area contributed by atoms with E-state index in [0.717, 1.165) is 52.7 Å². The minimum Gasteiger partial charge on any atom is -0.481 e. The van der Waals surface area contributed by atoms with Crippen molar-refractivity contribution in [3.63, 3.8) is 0 Å². The van der Waals surface area contributed by atoms with E-state index in [1.807, 2.05) is 63.4 Å². The lowest BCUT2D eigenvalue weighted by Gasteiger charge is -2.29. The number of carboxylic acid groups (broad SMARTS) is 1. The Labute approximate surface area is 222 Å². The summed E-state index contributed by atoms with van der Waals surface area (Å²) in [6.45, 7) is 4.74. The van der Waals surface area contributed by atoms with E-state index in [1.54, 1.807) is 4.68 Å². The molecule has 0 saturated carbocycles.